The van der Waals surface area contributed by atoms with Crippen molar-refractivity contribution in [3.8, 4) is 5.75 Å². The lowest BCUT2D eigenvalue weighted by Crippen LogP contribution is -2.35. The van der Waals surface area contributed by atoms with Gasteiger partial charge in [-0.25, -0.2) is 0 Å². The number of amides is 1. The maximum atomic E-state index is 11.1. The van der Waals surface area contributed by atoms with Crippen LogP contribution in [-0.2, 0) is 11.3 Å². The first-order chi connectivity index (χ1) is 10.1. The lowest BCUT2D eigenvalue weighted by atomic mass is 10.1. The number of methoxy groups -OCH3 is 1. The smallest absolute Gasteiger partial charge is 0.220 e. The van der Waals surface area contributed by atoms with Crippen LogP contribution in [0.3, 0.4) is 0 Å². The van der Waals surface area contributed by atoms with Crippen LogP contribution in [-0.4, -0.2) is 36.6 Å². The summed E-state index contributed by atoms with van der Waals surface area (Å²) in [7, 11) is 1.60. The number of rotatable bonds is 6. The van der Waals surface area contributed by atoms with Crippen LogP contribution < -0.4 is 21.1 Å². The Hall–Kier alpha value is -2.28. The van der Waals surface area contributed by atoms with E-state index in [1.807, 2.05) is 6.07 Å². The molecule has 0 bridgehead atoms. The van der Waals surface area contributed by atoms with Crippen LogP contribution in [0, 0.1) is 0 Å². The number of oxime groups is 1. The molecule has 0 aromatic heterocycles. The summed E-state index contributed by atoms with van der Waals surface area (Å²) in [5.74, 6) is 0.891. The van der Waals surface area contributed by atoms with Gasteiger partial charge in [-0.1, -0.05) is 5.16 Å². The molecule has 0 aliphatic carbocycles. The van der Waals surface area contributed by atoms with Crippen LogP contribution in [0.5, 0.6) is 5.75 Å². The first-order valence-corrected chi connectivity index (χ1v) is 6.79. The zero-order valence-electron chi connectivity index (χ0n) is 11.9. The zero-order valence-corrected chi connectivity index (χ0v) is 11.9. The zero-order chi connectivity index (χ0) is 15.2. The van der Waals surface area contributed by atoms with Gasteiger partial charge in [0.1, 0.15) is 5.75 Å². The molecular weight excluding hydrogens is 272 g/mol. The molecule has 1 amide bonds. The molecule has 5 N–H and O–H groups in total. The highest BCUT2D eigenvalue weighted by Gasteiger charge is 2.20. The summed E-state index contributed by atoms with van der Waals surface area (Å²) in [6.07, 6.45) is 1.45. The van der Waals surface area contributed by atoms with Crippen molar-refractivity contribution in [3.05, 3.63) is 29.3 Å². The lowest BCUT2D eigenvalue weighted by molar-refractivity contribution is -0.119. The van der Waals surface area contributed by atoms with Gasteiger partial charge in [-0.3, -0.25) is 4.79 Å². The third-order valence-electron chi connectivity index (χ3n) is 3.48. The number of nitrogens with zero attached hydrogens (tertiary/aromatic N) is 1. The molecule has 114 valence electrons. The molecule has 1 saturated heterocycles. The highest BCUT2D eigenvalue weighted by molar-refractivity contribution is 5.97. The average Bonchev–Trinajstić information content (AvgIpc) is 2.91. The topological polar surface area (TPSA) is 109 Å². The highest BCUT2D eigenvalue weighted by atomic mass is 16.5. The third kappa shape index (κ3) is 3.85. The quantitative estimate of drug-likeness (QED) is 0.258. The molecule has 1 aromatic carbocycles. The van der Waals surface area contributed by atoms with Crippen molar-refractivity contribution in [2.24, 2.45) is 10.9 Å². The Labute approximate surface area is 123 Å². The molecule has 1 unspecified atom stereocenters. The van der Waals surface area contributed by atoms with Crippen molar-refractivity contribution < 1.29 is 14.7 Å². The van der Waals surface area contributed by atoms with Gasteiger partial charge in [0, 0.05) is 36.7 Å². The average molecular weight is 292 g/mol. The normalized spacial score (nSPS) is 18.6. The van der Waals surface area contributed by atoms with Crippen LogP contribution in [0.4, 0.5) is 0 Å². The molecule has 7 nitrogen and oxygen atoms in total. The van der Waals surface area contributed by atoms with Crippen LogP contribution in [0.1, 0.15) is 24.0 Å². The number of nitrogens with two attached hydrogens (primary N) is 1. The van der Waals surface area contributed by atoms with E-state index in [4.69, 9.17) is 15.7 Å². The van der Waals surface area contributed by atoms with Crippen molar-refractivity contribution in [2.75, 3.05) is 13.7 Å². The van der Waals surface area contributed by atoms with Crippen LogP contribution >= 0.6 is 0 Å². The van der Waals surface area contributed by atoms with Crippen molar-refractivity contribution in [1.82, 2.24) is 10.6 Å². The molecule has 1 heterocycles. The minimum absolute atomic E-state index is 0.0574. The molecule has 2 rings (SSSR count). The van der Waals surface area contributed by atoms with E-state index in [0.717, 1.165) is 17.7 Å². The molecule has 1 atom stereocenters. The first-order valence-electron chi connectivity index (χ1n) is 6.79. The summed E-state index contributed by atoms with van der Waals surface area (Å²) in [5, 5.41) is 17.9. The van der Waals surface area contributed by atoms with E-state index < -0.39 is 0 Å². The fourth-order valence-corrected chi connectivity index (χ4v) is 2.35. The summed E-state index contributed by atoms with van der Waals surface area (Å²) >= 11 is 0. The second kappa shape index (κ2) is 6.94. The molecule has 0 spiro atoms. The molecule has 1 fully saturated rings. The molecule has 7 heteroatoms. The second-order valence-corrected chi connectivity index (χ2v) is 4.95. The van der Waals surface area contributed by atoms with Gasteiger partial charge in [0.15, 0.2) is 5.84 Å². The SMILES string of the molecule is COc1ccc(/C(N)=N/O)cc1CNCC1CCC(=O)N1. The minimum Gasteiger partial charge on any atom is -0.496 e. The van der Waals surface area contributed by atoms with E-state index in [9.17, 15) is 4.79 Å². The number of carbonyl (C=O) groups is 1. The summed E-state index contributed by atoms with van der Waals surface area (Å²) in [6, 6.07) is 5.50. The summed E-state index contributed by atoms with van der Waals surface area (Å²) < 4.78 is 5.30. The Morgan fingerprint density at radius 2 is 2.43 bits per heavy atom. The molecular formula is C14H20N4O3. The highest BCUT2D eigenvalue weighted by Crippen LogP contribution is 2.20. The summed E-state index contributed by atoms with van der Waals surface area (Å²) in [5.41, 5.74) is 7.13. The van der Waals surface area contributed by atoms with E-state index >= 15 is 0 Å². The fraction of sp³-hybridized carbons (Fsp3) is 0.429. The largest absolute Gasteiger partial charge is 0.496 e. The van der Waals surface area contributed by atoms with E-state index in [2.05, 4.69) is 15.8 Å². The predicted octanol–water partition coefficient (Wildman–Crippen LogP) is 0.158. The Morgan fingerprint density at radius 3 is 3.05 bits per heavy atom. The van der Waals surface area contributed by atoms with Crippen molar-refractivity contribution >= 4 is 11.7 Å². The number of benzene rings is 1. The maximum Gasteiger partial charge on any atom is 0.220 e. The summed E-state index contributed by atoms with van der Waals surface area (Å²) in [4.78, 5) is 11.1. The Kier molecular flexibility index (Phi) is 4.99. The fourth-order valence-electron chi connectivity index (χ4n) is 2.35. The molecule has 21 heavy (non-hydrogen) atoms. The minimum atomic E-state index is 0.0574. The van der Waals surface area contributed by atoms with E-state index in [-0.39, 0.29) is 17.8 Å². The van der Waals surface area contributed by atoms with Gasteiger partial charge >= 0.3 is 0 Å². The standard InChI is InChI=1S/C14H20N4O3/c1-21-12-4-2-9(14(15)18-20)6-10(12)7-16-8-11-3-5-13(19)17-11/h2,4,6,11,16,20H,3,5,7-8H2,1H3,(H2,15,18)(H,17,19). The van der Waals surface area contributed by atoms with Gasteiger partial charge in [-0.05, 0) is 24.6 Å². The molecule has 1 aliphatic rings. The first kappa shape index (κ1) is 15.1. The number of hydrogen-bond acceptors (Lipinski definition) is 5. The van der Waals surface area contributed by atoms with Gasteiger partial charge in [-0.2, -0.15) is 0 Å². The van der Waals surface area contributed by atoms with E-state index in [1.54, 1.807) is 19.2 Å². The third-order valence-corrected chi connectivity index (χ3v) is 3.48. The van der Waals surface area contributed by atoms with Gasteiger partial charge in [0.05, 0.1) is 7.11 Å². The van der Waals surface area contributed by atoms with E-state index in [1.165, 1.54) is 0 Å². The number of amidine groups is 1. The van der Waals surface area contributed by atoms with Crippen LogP contribution in [0.15, 0.2) is 23.4 Å². The van der Waals surface area contributed by atoms with Crippen LogP contribution in [0.2, 0.25) is 0 Å². The van der Waals surface area contributed by atoms with Gasteiger partial charge in [-0.15, -0.1) is 0 Å². The number of nitrogens with one attached hydrogen (secondary N) is 2. The van der Waals surface area contributed by atoms with Crippen molar-refractivity contribution in [3.63, 3.8) is 0 Å². The second-order valence-electron chi connectivity index (χ2n) is 4.95. The molecule has 1 aromatic rings. The van der Waals surface area contributed by atoms with E-state index in [0.29, 0.717) is 25.1 Å². The predicted molar refractivity (Wildman–Crippen MR) is 78.4 cm³/mol. The van der Waals surface area contributed by atoms with Gasteiger partial charge in [0.25, 0.3) is 0 Å². The number of ether oxygens (including phenoxy) is 1. The monoisotopic (exact) mass is 292 g/mol. The van der Waals surface area contributed by atoms with Crippen molar-refractivity contribution in [1.29, 1.82) is 0 Å². The molecule has 0 saturated carbocycles. The Bertz CT molecular complexity index is 545. The summed E-state index contributed by atoms with van der Waals surface area (Å²) in [6.45, 7) is 1.27. The van der Waals surface area contributed by atoms with Gasteiger partial charge in [0.2, 0.25) is 5.91 Å². The number of hydrogen-bond donors (Lipinski definition) is 4. The Morgan fingerprint density at radius 1 is 1.62 bits per heavy atom. The van der Waals surface area contributed by atoms with Crippen molar-refractivity contribution in [2.45, 2.75) is 25.4 Å². The lowest BCUT2D eigenvalue weighted by Gasteiger charge is -2.14. The number of carbonyl (C=O) groups excluding carboxylic acids is 1. The maximum absolute atomic E-state index is 11.1. The van der Waals surface area contributed by atoms with Gasteiger partial charge < -0.3 is 26.3 Å². The van der Waals surface area contributed by atoms with Crippen LogP contribution in [0.25, 0.3) is 0 Å². The molecule has 1 aliphatic heterocycles. The molecule has 0 radical (unpaired) electrons. The Balaban J connectivity index is 1.98.